The topological polar surface area (TPSA) is 33.6 Å². The van der Waals surface area contributed by atoms with Crippen LogP contribution in [0.15, 0.2) is 4.99 Å². The molecule has 0 aromatic heterocycles. The molecule has 1 heterocycles. The quantitative estimate of drug-likeness (QED) is 0.779. The van der Waals surface area contributed by atoms with Crippen LogP contribution in [0, 0.1) is 0 Å². The number of nitrogens with zero attached hydrogens (tertiary/aromatic N) is 1. The van der Waals surface area contributed by atoms with Crippen molar-refractivity contribution in [2.24, 2.45) is 4.99 Å². The van der Waals surface area contributed by atoms with Gasteiger partial charge in [-0.1, -0.05) is 31.5 Å². The number of amidine groups is 1. The molecule has 18 heavy (non-hydrogen) atoms. The Kier molecular flexibility index (Phi) is 5.37. The number of hydrogen-bond donors (Lipinski definition) is 1. The van der Waals surface area contributed by atoms with Crippen LogP contribution in [-0.2, 0) is 4.74 Å². The Balaban J connectivity index is 1.68. The van der Waals surface area contributed by atoms with Crippen LogP contribution < -0.4 is 5.32 Å². The van der Waals surface area contributed by atoms with E-state index in [1.807, 2.05) is 11.8 Å². The molecule has 1 N–H and O–H groups in total. The molecule has 104 valence electrons. The van der Waals surface area contributed by atoms with Gasteiger partial charge in [0.05, 0.1) is 19.3 Å². The summed E-state index contributed by atoms with van der Waals surface area (Å²) in [5.41, 5.74) is 0.246. The minimum absolute atomic E-state index is 0.246. The molecule has 1 aliphatic carbocycles. The van der Waals surface area contributed by atoms with Gasteiger partial charge in [0.2, 0.25) is 0 Å². The maximum Gasteiger partial charge on any atom is 0.157 e. The summed E-state index contributed by atoms with van der Waals surface area (Å²) in [6.45, 7) is 6.10. The van der Waals surface area contributed by atoms with E-state index in [-0.39, 0.29) is 5.54 Å². The predicted molar refractivity (Wildman–Crippen MR) is 79.4 cm³/mol. The lowest BCUT2D eigenvalue weighted by Crippen LogP contribution is -2.48. The highest BCUT2D eigenvalue weighted by Crippen LogP contribution is 2.25. The number of ether oxygens (including phenoxy) is 1. The Morgan fingerprint density at radius 3 is 2.94 bits per heavy atom. The predicted octanol–water partition coefficient (Wildman–Crippen LogP) is 3.20. The lowest BCUT2D eigenvalue weighted by molar-refractivity contribution is 0.0643. The minimum atomic E-state index is 0.246. The fourth-order valence-corrected chi connectivity index (χ4v) is 3.75. The summed E-state index contributed by atoms with van der Waals surface area (Å²) in [6.07, 6.45) is 8.07. The molecule has 1 saturated carbocycles. The SMILES string of the molecule is CCC1(C)CCSC(=NCCOC2CCCC2)N1. The van der Waals surface area contributed by atoms with Crippen molar-refractivity contribution < 1.29 is 4.74 Å². The van der Waals surface area contributed by atoms with Crippen LogP contribution in [0.4, 0.5) is 0 Å². The van der Waals surface area contributed by atoms with E-state index in [0.29, 0.717) is 6.10 Å². The molecule has 2 aliphatic rings. The average Bonchev–Trinajstić information content (AvgIpc) is 2.88. The molecule has 4 heteroatoms. The standard InChI is InChI=1S/C14H26N2OS/c1-3-14(2)8-11-18-13(16-14)15-9-10-17-12-6-4-5-7-12/h12H,3-11H2,1-2H3,(H,15,16). The van der Waals surface area contributed by atoms with Gasteiger partial charge in [0.25, 0.3) is 0 Å². The van der Waals surface area contributed by atoms with Gasteiger partial charge in [0.1, 0.15) is 0 Å². The van der Waals surface area contributed by atoms with Crippen molar-refractivity contribution in [3.8, 4) is 0 Å². The van der Waals surface area contributed by atoms with Gasteiger partial charge in [-0.3, -0.25) is 4.99 Å². The molecule has 0 aromatic rings. The van der Waals surface area contributed by atoms with Crippen LogP contribution in [-0.4, -0.2) is 35.7 Å². The van der Waals surface area contributed by atoms with Gasteiger partial charge in [0.15, 0.2) is 5.17 Å². The van der Waals surface area contributed by atoms with Crippen LogP contribution in [0.2, 0.25) is 0 Å². The number of rotatable bonds is 5. The molecule has 1 atom stereocenters. The molecule has 0 amide bonds. The molecule has 1 saturated heterocycles. The van der Waals surface area contributed by atoms with E-state index >= 15 is 0 Å². The van der Waals surface area contributed by atoms with Gasteiger partial charge >= 0.3 is 0 Å². The van der Waals surface area contributed by atoms with Gasteiger partial charge in [-0.25, -0.2) is 0 Å². The normalized spacial score (nSPS) is 31.8. The maximum atomic E-state index is 5.83. The summed E-state index contributed by atoms with van der Waals surface area (Å²) in [4.78, 5) is 4.63. The first kappa shape index (κ1) is 14.2. The monoisotopic (exact) mass is 270 g/mol. The molecule has 0 spiro atoms. The Hall–Kier alpha value is -0.220. The zero-order chi connectivity index (χ0) is 12.8. The van der Waals surface area contributed by atoms with Crippen molar-refractivity contribution in [3.63, 3.8) is 0 Å². The van der Waals surface area contributed by atoms with Gasteiger partial charge in [-0.2, -0.15) is 0 Å². The zero-order valence-electron chi connectivity index (χ0n) is 11.7. The van der Waals surface area contributed by atoms with Crippen molar-refractivity contribution in [3.05, 3.63) is 0 Å². The lowest BCUT2D eigenvalue weighted by Gasteiger charge is -2.35. The zero-order valence-corrected chi connectivity index (χ0v) is 12.5. The van der Waals surface area contributed by atoms with Gasteiger partial charge < -0.3 is 10.1 Å². The van der Waals surface area contributed by atoms with Gasteiger partial charge in [0, 0.05) is 11.3 Å². The van der Waals surface area contributed by atoms with Crippen molar-refractivity contribution in [2.75, 3.05) is 18.9 Å². The van der Waals surface area contributed by atoms with Crippen LogP contribution >= 0.6 is 11.8 Å². The van der Waals surface area contributed by atoms with Crippen molar-refractivity contribution >= 4 is 16.9 Å². The molecule has 2 fully saturated rings. The lowest BCUT2D eigenvalue weighted by atomic mass is 9.96. The largest absolute Gasteiger partial charge is 0.376 e. The molecule has 3 nitrogen and oxygen atoms in total. The summed E-state index contributed by atoms with van der Waals surface area (Å²) < 4.78 is 5.83. The Bertz CT molecular complexity index is 290. The Labute approximate surface area is 115 Å². The first-order valence-electron chi connectivity index (χ1n) is 7.29. The highest BCUT2D eigenvalue weighted by molar-refractivity contribution is 8.13. The maximum absolute atomic E-state index is 5.83. The molecular weight excluding hydrogens is 244 g/mol. The molecule has 1 aliphatic heterocycles. The fraction of sp³-hybridized carbons (Fsp3) is 0.929. The molecule has 1 unspecified atom stereocenters. The summed E-state index contributed by atoms with van der Waals surface area (Å²) in [5, 5.41) is 4.68. The van der Waals surface area contributed by atoms with Crippen LogP contribution in [0.3, 0.4) is 0 Å². The van der Waals surface area contributed by atoms with E-state index in [9.17, 15) is 0 Å². The first-order chi connectivity index (χ1) is 8.72. The van der Waals surface area contributed by atoms with E-state index in [1.165, 1.54) is 37.9 Å². The Morgan fingerprint density at radius 1 is 1.44 bits per heavy atom. The molecular formula is C14H26N2OS. The third-order valence-corrected chi connectivity index (χ3v) is 5.00. The Morgan fingerprint density at radius 2 is 2.22 bits per heavy atom. The number of thioether (sulfide) groups is 1. The summed E-state index contributed by atoms with van der Waals surface area (Å²) >= 11 is 1.85. The first-order valence-corrected chi connectivity index (χ1v) is 8.27. The number of hydrogen-bond acceptors (Lipinski definition) is 3. The molecule has 0 radical (unpaired) electrons. The second-order valence-corrected chi connectivity index (χ2v) is 6.69. The van der Waals surface area contributed by atoms with E-state index < -0.39 is 0 Å². The van der Waals surface area contributed by atoms with Crippen LogP contribution in [0.25, 0.3) is 0 Å². The second kappa shape index (κ2) is 6.80. The van der Waals surface area contributed by atoms with E-state index in [4.69, 9.17) is 4.74 Å². The van der Waals surface area contributed by atoms with Crippen LogP contribution in [0.1, 0.15) is 52.4 Å². The molecule has 0 bridgehead atoms. The second-order valence-electron chi connectivity index (χ2n) is 5.60. The average molecular weight is 270 g/mol. The van der Waals surface area contributed by atoms with Crippen LogP contribution in [0.5, 0.6) is 0 Å². The fourth-order valence-electron chi connectivity index (χ4n) is 2.50. The van der Waals surface area contributed by atoms with E-state index in [1.54, 1.807) is 0 Å². The highest BCUT2D eigenvalue weighted by Gasteiger charge is 2.27. The number of aliphatic imine (C=N–C) groups is 1. The van der Waals surface area contributed by atoms with Gasteiger partial charge in [-0.05, 0) is 32.6 Å². The highest BCUT2D eigenvalue weighted by atomic mass is 32.2. The molecule has 2 rings (SSSR count). The van der Waals surface area contributed by atoms with E-state index in [0.717, 1.165) is 24.7 Å². The van der Waals surface area contributed by atoms with E-state index in [2.05, 4.69) is 24.2 Å². The summed E-state index contributed by atoms with van der Waals surface area (Å²) in [6, 6.07) is 0. The van der Waals surface area contributed by atoms with Crippen molar-refractivity contribution in [1.29, 1.82) is 0 Å². The van der Waals surface area contributed by atoms with Crippen molar-refractivity contribution in [2.45, 2.75) is 64.0 Å². The minimum Gasteiger partial charge on any atom is -0.376 e. The third-order valence-electron chi connectivity index (χ3n) is 4.08. The smallest absolute Gasteiger partial charge is 0.157 e. The summed E-state index contributed by atoms with van der Waals surface area (Å²) in [7, 11) is 0. The van der Waals surface area contributed by atoms with Crippen molar-refractivity contribution in [1.82, 2.24) is 5.32 Å². The number of nitrogens with one attached hydrogen (secondary N) is 1. The van der Waals surface area contributed by atoms with Gasteiger partial charge in [-0.15, -0.1) is 0 Å². The summed E-state index contributed by atoms with van der Waals surface area (Å²) in [5.74, 6) is 1.18. The molecule has 0 aromatic carbocycles. The third kappa shape index (κ3) is 4.16.